The molecule has 0 saturated carbocycles. The number of hydrogen-bond donors (Lipinski definition) is 2. The Morgan fingerprint density at radius 1 is 1.39 bits per heavy atom. The molecule has 3 rings (SSSR count). The second-order valence-corrected chi connectivity index (χ2v) is 4.00. The molecule has 0 aliphatic carbocycles. The van der Waals surface area contributed by atoms with E-state index in [2.05, 4.69) is 36.0 Å². The van der Waals surface area contributed by atoms with Gasteiger partial charge >= 0.3 is 0 Å². The highest BCUT2D eigenvalue weighted by atomic mass is 15.5. The first-order valence-electron chi connectivity index (χ1n) is 5.52. The molecule has 0 fully saturated rings. The van der Waals surface area contributed by atoms with E-state index in [0.29, 0.717) is 18.0 Å². The molecule has 0 aliphatic rings. The first kappa shape index (κ1) is 10.6. The SMILES string of the molecule is Cc1[nH]nc(CNc2nccn3nnnc23)c1C. The second-order valence-electron chi connectivity index (χ2n) is 4.00. The van der Waals surface area contributed by atoms with Gasteiger partial charge in [0.2, 0.25) is 5.65 Å². The molecule has 8 nitrogen and oxygen atoms in total. The average Bonchev–Trinajstić information content (AvgIpc) is 2.97. The molecule has 3 aromatic heterocycles. The summed E-state index contributed by atoms with van der Waals surface area (Å²) in [6.07, 6.45) is 3.35. The highest BCUT2D eigenvalue weighted by molar-refractivity contribution is 5.60. The second kappa shape index (κ2) is 4.06. The Bertz CT molecular complexity index is 682. The maximum Gasteiger partial charge on any atom is 0.221 e. The fourth-order valence-corrected chi connectivity index (χ4v) is 1.68. The Kier molecular flexibility index (Phi) is 2.40. The van der Waals surface area contributed by atoms with Gasteiger partial charge in [0.15, 0.2) is 5.82 Å². The first-order chi connectivity index (χ1) is 8.75. The zero-order valence-electron chi connectivity index (χ0n) is 10.0. The normalized spacial score (nSPS) is 11.0. The van der Waals surface area contributed by atoms with Crippen molar-refractivity contribution in [2.24, 2.45) is 0 Å². The number of H-pyrrole nitrogens is 1. The average molecular weight is 244 g/mol. The molecule has 0 bridgehead atoms. The summed E-state index contributed by atoms with van der Waals surface area (Å²) in [7, 11) is 0. The van der Waals surface area contributed by atoms with Gasteiger partial charge in [0.05, 0.1) is 18.4 Å². The third kappa shape index (κ3) is 1.67. The van der Waals surface area contributed by atoms with Gasteiger partial charge in [-0.15, -0.1) is 5.10 Å². The van der Waals surface area contributed by atoms with E-state index in [1.807, 2.05) is 13.8 Å². The van der Waals surface area contributed by atoms with E-state index in [4.69, 9.17) is 0 Å². The van der Waals surface area contributed by atoms with Crippen LogP contribution in [0.5, 0.6) is 0 Å². The Hall–Kier alpha value is -2.51. The quantitative estimate of drug-likeness (QED) is 0.695. The van der Waals surface area contributed by atoms with Crippen LogP contribution in [0.2, 0.25) is 0 Å². The Morgan fingerprint density at radius 2 is 2.28 bits per heavy atom. The summed E-state index contributed by atoms with van der Waals surface area (Å²) < 4.78 is 1.57. The van der Waals surface area contributed by atoms with E-state index < -0.39 is 0 Å². The van der Waals surface area contributed by atoms with Crippen molar-refractivity contribution in [3.63, 3.8) is 0 Å². The van der Waals surface area contributed by atoms with Crippen LogP contribution in [0, 0.1) is 13.8 Å². The fourth-order valence-electron chi connectivity index (χ4n) is 1.68. The van der Waals surface area contributed by atoms with E-state index in [1.165, 1.54) is 0 Å². The zero-order chi connectivity index (χ0) is 12.5. The van der Waals surface area contributed by atoms with Gasteiger partial charge in [-0.3, -0.25) is 5.10 Å². The minimum Gasteiger partial charge on any atom is -0.361 e. The third-order valence-electron chi connectivity index (χ3n) is 2.89. The van der Waals surface area contributed by atoms with Crippen molar-refractivity contribution in [3.05, 3.63) is 29.3 Å². The van der Waals surface area contributed by atoms with E-state index in [9.17, 15) is 0 Å². The molecule has 3 heterocycles. The van der Waals surface area contributed by atoms with Crippen LogP contribution in [-0.4, -0.2) is 35.2 Å². The molecule has 2 N–H and O–H groups in total. The highest BCUT2D eigenvalue weighted by Gasteiger charge is 2.08. The highest BCUT2D eigenvalue weighted by Crippen LogP contribution is 2.13. The number of hydrogen-bond acceptors (Lipinski definition) is 6. The number of aromatic nitrogens is 7. The molecular formula is C10H12N8. The van der Waals surface area contributed by atoms with Crippen molar-refractivity contribution in [1.82, 2.24) is 35.2 Å². The molecule has 18 heavy (non-hydrogen) atoms. The summed E-state index contributed by atoms with van der Waals surface area (Å²) in [6.45, 7) is 4.60. The van der Waals surface area contributed by atoms with Gasteiger partial charge in [-0.05, 0) is 29.8 Å². The first-order valence-corrected chi connectivity index (χ1v) is 5.52. The summed E-state index contributed by atoms with van der Waals surface area (Å²) in [5, 5.41) is 21.7. The molecule has 0 saturated heterocycles. The van der Waals surface area contributed by atoms with Crippen LogP contribution in [-0.2, 0) is 6.54 Å². The van der Waals surface area contributed by atoms with Gasteiger partial charge in [0.25, 0.3) is 0 Å². The number of nitrogens with zero attached hydrogens (tertiary/aromatic N) is 6. The lowest BCUT2D eigenvalue weighted by atomic mass is 10.2. The van der Waals surface area contributed by atoms with Gasteiger partial charge in [-0.1, -0.05) is 0 Å². The molecule has 92 valence electrons. The molecule has 8 heteroatoms. The summed E-state index contributed by atoms with van der Waals surface area (Å²) in [4.78, 5) is 4.22. The van der Waals surface area contributed by atoms with E-state index in [0.717, 1.165) is 17.0 Å². The van der Waals surface area contributed by atoms with Crippen LogP contribution >= 0.6 is 0 Å². The van der Waals surface area contributed by atoms with Crippen LogP contribution in [0.4, 0.5) is 5.82 Å². The number of anilines is 1. The monoisotopic (exact) mass is 244 g/mol. The number of aryl methyl sites for hydroxylation is 1. The lowest BCUT2D eigenvalue weighted by Gasteiger charge is -2.04. The number of rotatable bonds is 3. The van der Waals surface area contributed by atoms with Gasteiger partial charge in [-0.2, -0.15) is 9.61 Å². The van der Waals surface area contributed by atoms with Gasteiger partial charge in [0.1, 0.15) is 0 Å². The van der Waals surface area contributed by atoms with Crippen LogP contribution in [0.3, 0.4) is 0 Å². The molecule has 0 aliphatic heterocycles. The lowest BCUT2D eigenvalue weighted by Crippen LogP contribution is -2.05. The maximum absolute atomic E-state index is 4.22. The van der Waals surface area contributed by atoms with Crippen LogP contribution < -0.4 is 5.32 Å². The predicted molar refractivity (Wildman–Crippen MR) is 64.0 cm³/mol. The number of nitrogens with one attached hydrogen (secondary N) is 2. The van der Waals surface area contributed by atoms with Gasteiger partial charge in [0, 0.05) is 11.9 Å². The summed E-state index contributed by atoms with van der Waals surface area (Å²) in [5.41, 5.74) is 3.78. The zero-order valence-corrected chi connectivity index (χ0v) is 10.0. The van der Waals surface area contributed by atoms with Gasteiger partial charge in [-0.25, -0.2) is 4.98 Å². The van der Waals surface area contributed by atoms with E-state index >= 15 is 0 Å². The number of fused-ring (bicyclic) bond motifs is 1. The molecular weight excluding hydrogens is 232 g/mol. The molecule has 0 aromatic carbocycles. The summed E-state index contributed by atoms with van der Waals surface area (Å²) in [5.74, 6) is 0.641. The van der Waals surface area contributed by atoms with Crippen molar-refractivity contribution < 1.29 is 0 Å². The van der Waals surface area contributed by atoms with Crippen LogP contribution in [0.15, 0.2) is 12.4 Å². The largest absolute Gasteiger partial charge is 0.361 e. The molecule has 0 radical (unpaired) electrons. The van der Waals surface area contributed by atoms with Crippen LogP contribution in [0.25, 0.3) is 5.65 Å². The molecule has 0 spiro atoms. The third-order valence-corrected chi connectivity index (χ3v) is 2.89. The van der Waals surface area contributed by atoms with Crippen molar-refractivity contribution in [2.45, 2.75) is 20.4 Å². The number of aromatic amines is 1. The smallest absolute Gasteiger partial charge is 0.221 e. The van der Waals surface area contributed by atoms with E-state index in [-0.39, 0.29) is 0 Å². The Morgan fingerprint density at radius 3 is 3.06 bits per heavy atom. The van der Waals surface area contributed by atoms with E-state index in [1.54, 1.807) is 16.9 Å². The number of tetrazole rings is 1. The molecule has 0 unspecified atom stereocenters. The van der Waals surface area contributed by atoms with Crippen LogP contribution in [0.1, 0.15) is 17.0 Å². The van der Waals surface area contributed by atoms with Crippen molar-refractivity contribution in [1.29, 1.82) is 0 Å². The maximum atomic E-state index is 4.22. The summed E-state index contributed by atoms with van der Waals surface area (Å²) >= 11 is 0. The minimum atomic E-state index is 0.579. The Labute approximate surface area is 102 Å². The lowest BCUT2D eigenvalue weighted by molar-refractivity contribution is 0.820. The predicted octanol–water partition coefficient (Wildman–Crippen LogP) is 0.471. The standard InChI is InChI=1S/C10H12N8/c1-6-7(2)13-14-8(6)5-12-9-10-15-16-17-18(10)4-3-11-9/h3-4H,5H2,1-2H3,(H,11,12)(H,13,14). The fraction of sp³-hybridized carbons (Fsp3) is 0.300. The molecule has 0 atom stereocenters. The molecule has 0 amide bonds. The molecule has 3 aromatic rings. The topological polar surface area (TPSA) is 96.7 Å². The summed E-state index contributed by atoms with van der Waals surface area (Å²) in [6, 6.07) is 0. The van der Waals surface area contributed by atoms with Gasteiger partial charge < -0.3 is 5.32 Å². The van der Waals surface area contributed by atoms with Crippen molar-refractivity contribution in [3.8, 4) is 0 Å². The minimum absolute atomic E-state index is 0.579. The Balaban J connectivity index is 1.85. The van der Waals surface area contributed by atoms with Crippen molar-refractivity contribution in [2.75, 3.05) is 5.32 Å². The van der Waals surface area contributed by atoms with Crippen molar-refractivity contribution >= 4 is 11.5 Å².